The molecule has 0 N–H and O–H groups in total. The van der Waals surface area contributed by atoms with E-state index in [-0.39, 0.29) is 17.6 Å². The summed E-state index contributed by atoms with van der Waals surface area (Å²) in [6.45, 7) is 5.80. The average Bonchev–Trinajstić information content (AvgIpc) is 3.34. The number of morpholine rings is 1. The Bertz CT molecular complexity index is 1340. The monoisotopic (exact) mass is 457 g/mol. The predicted octanol–water partition coefficient (Wildman–Crippen LogP) is 3.71. The normalized spacial score (nSPS) is 18.1. The quantitative estimate of drug-likeness (QED) is 0.455. The van der Waals surface area contributed by atoms with Gasteiger partial charge in [0.15, 0.2) is 5.69 Å². The minimum atomic E-state index is -0.180. The third kappa shape index (κ3) is 4.20. The molecule has 1 aliphatic rings. The van der Waals surface area contributed by atoms with E-state index in [2.05, 4.69) is 35.0 Å². The summed E-state index contributed by atoms with van der Waals surface area (Å²) < 4.78 is 15.0. The summed E-state index contributed by atoms with van der Waals surface area (Å²) in [5.41, 5.74) is 3.41. The first-order valence-electron chi connectivity index (χ1n) is 11.3. The highest BCUT2D eigenvalue weighted by Crippen LogP contribution is 2.30. The maximum atomic E-state index is 12.8. The van der Waals surface area contributed by atoms with Crippen LogP contribution in [0.5, 0.6) is 5.75 Å². The highest BCUT2D eigenvalue weighted by atomic mass is 16.5. The van der Waals surface area contributed by atoms with E-state index in [0.717, 1.165) is 30.2 Å². The molecule has 4 aromatic rings. The Labute approximate surface area is 198 Å². The molecule has 34 heavy (non-hydrogen) atoms. The first-order valence-corrected chi connectivity index (χ1v) is 11.3. The van der Waals surface area contributed by atoms with Crippen LogP contribution in [0.4, 0.5) is 5.69 Å². The zero-order chi connectivity index (χ0) is 23.7. The average molecular weight is 458 g/mol. The number of rotatable bonds is 5. The van der Waals surface area contributed by atoms with Crippen molar-refractivity contribution in [2.75, 3.05) is 25.1 Å². The first-order chi connectivity index (χ1) is 16.5. The largest absolute Gasteiger partial charge is 0.494 e. The maximum absolute atomic E-state index is 12.8. The number of hydrogen-bond donors (Lipinski definition) is 0. The van der Waals surface area contributed by atoms with Gasteiger partial charge in [-0.15, -0.1) is 0 Å². The maximum Gasteiger partial charge on any atom is 0.209 e. The van der Waals surface area contributed by atoms with Gasteiger partial charge in [-0.2, -0.15) is 10.2 Å². The molecule has 2 aromatic heterocycles. The third-order valence-electron chi connectivity index (χ3n) is 5.89. The molecule has 1 aliphatic heterocycles. The van der Waals surface area contributed by atoms with Gasteiger partial charge in [-0.1, -0.05) is 18.2 Å². The second-order valence-corrected chi connectivity index (χ2v) is 8.46. The molecule has 5 rings (SSSR count). The van der Waals surface area contributed by atoms with Crippen molar-refractivity contribution in [1.82, 2.24) is 19.6 Å². The van der Waals surface area contributed by atoms with Gasteiger partial charge < -0.3 is 14.4 Å². The summed E-state index contributed by atoms with van der Waals surface area (Å²) >= 11 is 0. The summed E-state index contributed by atoms with van der Waals surface area (Å²) in [6, 6.07) is 19.0. The van der Waals surface area contributed by atoms with Crippen molar-refractivity contribution in [3.05, 3.63) is 83.3 Å². The van der Waals surface area contributed by atoms with Gasteiger partial charge in [0, 0.05) is 37.1 Å². The summed E-state index contributed by atoms with van der Waals surface area (Å²) in [7, 11) is 1.64. The van der Waals surface area contributed by atoms with E-state index in [1.807, 2.05) is 42.5 Å². The molecule has 0 saturated carbocycles. The second kappa shape index (κ2) is 9.15. The summed E-state index contributed by atoms with van der Waals surface area (Å²) in [5, 5.41) is 9.08. The number of para-hydroxylation sites is 1. The van der Waals surface area contributed by atoms with Crippen LogP contribution < -0.4 is 15.1 Å². The van der Waals surface area contributed by atoms with E-state index >= 15 is 0 Å². The van der Waals surface area contributed by atoms with Crippen LogP contribution in [0.2, 0.25) is 0 Å². The van der Waals surface area contributed by atoms with E-state index in [0.29, 0.717) is 17.1 Å². The lowest BCUT2D eigenvalue weighted by atomic mass is 10.1. The fraction of sp³-hybridized carbons (Fsp3) is 0.269. The Balaban J connectivity index is 1.53. The number of nitrogens with zero attached hydrogens (tertiary/aromatic N) is 5. The van der Waals surface area contributed by atoms with Crippen LogP contribution in [0.3, 0.4) is 0 Å². The van der Waals surface area contributed by atoms with Gasteiger partial charge in [-0.05, 0) is 44.2 Å². The van der Waals surface area contributed by atoms with Gasteiger partial charge in [0.1, 0.15) is 11.4 Å². The lowest BCUT2D eigenvalue weighted by molar-refractivity contribution is -0.00522. The summed E-state index contributed by atoms with van der Waals surface area (Å²) in [5.74, 6) is 0.669. The van der Waals surface area contributed by atoms with E-state index in [9.17, 15) is 4.79 Å². The number of ether oxygens (including phenoxy) is 2. The van der Waals surface area contributed by atoms with Crippen molar-refractivity contribution in [3.63, 3.8) is 0 Å². The molecule has 1 fully saturated rings. The fourth-order valence-electron chi connectivity index (χ4n) is 4.42. The van der Waals surface area contributed by atoms with Crippen molar-refractivity contribution < 1.29 is 9.47 Å². The van der Waals surface area contributed by atoms with E-state index in [1.165, 1.54) is 6.07 Å². The van der Waals surface area contributed by atoms with Crippen molar-refractivity contribution in [1.29, 1.82) is 0 Å². The highest BCUT2D eigenvalue weighted by Gasteiger charge is 2.23. The molecule has 3 heterocycles. The van der Waals surface area contributed by atoms with Crippen LogP contribution in [0.25, 0.3) is 22.8 Å². The molecule has 174 valence electrons. The van der Waals surface area contributed by atoms with Gasteiger partial charge in [0.05, 0.1) is 36.9 Å². The number of benzene rings is 2. The smallest absolute Gasteiger partial charge is 0.209 e. The van der Waals surface area contributed by atoms with Crippen molar-refractivity contribution >= 4 is 5.69 Å². The Kier molecular flexibility index (Phi) is 5.90. The molecule has 0 bridgehead atoms. The summed E-state index contributed by atoms with van der Waals surface area (Å²) in [6.07, 6.45) is 3.64. The molecule has 8 heteroatoms. The molecular formula is C26H27N5O3. The second-order valence-electron chi connectivity index (χ2n) is 8.46. The fourth-order valence-corrected chi connectivity index (χ4v) is 4.42. The molecule has 2 aromatic carbocycles. The molecule has 2 atom stereocenters. The minimum Gasteiger partial charge on any atom is -0.494 e. The van der Waals surface area contributed by atoms with Crippen LogP contribution in [0.1, 0.15) is 13.8 Å². The Morgan fingerprint density at radius 3 is 2.47 bits per heavy atom. The van der Waals surface area contributed by atoms with Crippen LogP contribution in [0, 0.1) is 0 Å². The lowest BCUT2D eigenvalue weighted by Crippen LogP contribution is -2.45. The summed E-state index contributed by atoms with van der Waals surface area (Å²) in [4.78, 5) is 15.1. The Morgan fingerprint density at radius 2 is 1.74 bits per heavy atom. The standard InChI is InChI=1S/C26H27N5O3/c1-18-16-29(17-19(2)34-18)21-9-10-22(25(15-21)33-3)30-14-12-24(32)26(28-30)23-11-13-27-31(23)20-7-5-4-6-8-20/h4-15,18-19H,16-17H2,1-3H3/t18-,19+. The molecule has 0 amide bonds. The zero-order valence-electron chi connectivity index (χ0n) is 19.5. The van der Waals surface area contributed by atoms with Gasteiger partial charge >= 0.3 is 0 Å². The van der Waals surface area contributed by atoms with Crippen LogP contribution in [-0.4, -0.2) is 52.0 Å². The number of aromatic nitrogens is 4. The Morgan fingerprint density at radius 1 is 0.971 bits per heavy atom. The molecule has 1 saturated heterocycles. The van der Waals surface area contributed by atoms with Gasteiger partial charge in [0.2, 0.25) is 5.43 Å². The van der Waals surface area contributed by atoms with E-state index < -0.39 is 0 Å². The van der Waals surface area contributed by atoms with Crippen LogP contribution in [-0.2, 0) is 4.74 Å². The van der Waals surface area contributed by atoms with Crippen LogP contribution in [0.15, 0.2) is 77.9 Å². The third-order valence-corrected chi connectivity index (χ3v) is 5.89. The molecule has 8 nitrogen and oxygen atoms in total. The SMILES string of the molecule is COc1cc(N2C[C@@H](C)O[C@@H](C)C2)ccc1-n1ccc(=O)c(-c2ccnn2-c2ccccc2)n1. The topological polar surface area (TPSA) is 74.4 Å². The Hall–Kier alpha value is -3.91. The van der Waals surface area contributed by atoms with Crippen molar-refractivity contribution in [2.45, 2.75) is 26.1 Å². The first kappa shape index (κ1) is 21.9. The van der Waals surface area contributed by atoms with Gasteiger partial charge in [-0.3, -0.25) is 4.79 Å². The van der Waals surface area contributed by atoms with Gasteiger partial charge in [0.25, 0.3) is 0 Å². The molecule has 0 spiro atoms. The number of anilines is 1. The molecular weight excluding hydrogens is 430 g/mol. The highest BCUT2D eigenvalue weighted by molar-refractivity contribution is 5.61. The van der Waals surface area contributed by atoms with Crippen LogP contribution >= 0.6 is 0 Å². The van der Waals surface area contributed by atoms with E-state index in [4.69, 9.17) is 9.47 Å². The predicted molar refractivity (Wildman–Crippen MR) is 131 cm³/mol. The molecule has 0 aliphatic carbocycles. The van der Waals surface area contributed by atoms with E-state index in [1.54, 1.807) is 34.9 Å². The number of hydrogen-bond acceptors (Lipinski definition) is 6. The zero-order valence-corrected chi connectivity index (χ0v) is 19.5. The molecule has 0 unspecified atom stereocenters. The molecule has 0 radical (unpaired) electrons. The lowest BCUT2D eigenvalue weighted by Gasteiger charge is -2.37. The van der Waals surface area contributed by atoms with Gasteiger partial charge in [-0.25, -0.2) is 9.36 Å². The number of methoxy groups -OCH3 is 1. The van der Waals surface area contributed by atoms with Crippen molar-refractivity contribution in [2.24, 2.45) is 0 Å². The minimum absolute atomic E-state index is 0.159. The van der Waals surface area contributed by atoms with Crippen molar-refractivity contribution in [3.8, 4) is 28.5 Å².